The zero-order valence-corrected chi connectivity index (χ0v) is 22.1. The lowest BCUT2D eigenvalue weighted by atomic mass is 9.80. The Labute approximate surface area is 219 Å². The van der Waals surface area contributed by atoms with Crippen molar-refractivity contribution in [3.63, 3.8) is 0 Å². The molecule has 3 heterocycles. The van der Waals surface area contributed by atoms with Crippen molar-refractivity contribution in [2.75, 3.05) is 30.8 Å². The Morgan fingerprint density at radius 3 is 2.55 bits per heavy atom. The van der Waals surface area contributed by atoms with E-state index in [9.17, 15) is 27.1 Å². The molecule has 5 rings (SSSR count). The van der Waals surface area contributed by atoms with Crippen molar-refractivity contribution in [1.82, 2.24) is 24.1 Å². The second-order valence-electron chi connectivity index (χ2n) is 9.85. The molecule has 0 amide bonds. The van der Waals surface area contributed by atoms with Crippen LogP contribution >= 0.6 is 10.7 Å². The van der Waals surface area contributed by atoms with E-state index < -0.39 is 34.7 Å². The number of aryl methyl sites for hydroxylation is 1. The zero-order chi connectivity index (χ0) is 27.4. The number of rotatable bonds is 5. The molecule has 1 aliphatic heterocycles. The minimum atomic E-state index is -5.14. The van der Waals surface area contributed by atoms with Crippen LogP contribution in [-0.4, -0.2) is 66.5 Å². The van der Waals surface area contributed by atoms with E-state index in [0.717, 1.165) is 19.5 Å². The molecular weight excluding hydrogens is 527 g/mol. The van der Waals surface area contributed by atoms with Crippen molar-refractivity contribution in [2.24, 2.45) is 13.0 Å². The molecule has 1 saturated heterocycles. The number of halogens is 5. The van der Waals surface area contributed by atoms with E-state index in [-0.39, 0.29) is 27.8 Å². The Morgan fingerprint density at radius 2 is 1.92 bits per heavy atom. The number of fused-ring (bicyclic) bond motifs is 1. The summed E-state index contributed by atoms with van der Waals surface area (Å²) in [7, 11) is 1.59. The number of benzene rings is 1. The molecule has 206 valence electrons. The minimum absolute atomic E-state index is 0.0515. The summed E-state index contributed by atoms with van der Waals surface area (Å²) in [6, 6.07) is 0.524. The highest BCUT2D eigenvalue weighted by atomic mass is 32.2. The van der Waals surface area contributed by atoms with E-state index in [4.69, 9.17) is 0 Å². The van der Waals surface area contributed by atoms with Crippen LogP contribution in [0.1, 0.15) is 38.2 Å². The maximum atomic E-state index is 14.8. The van der Waals surface area contributed by atoms with Crippen LogP contribution in [0.5, 0.6) is 5.75 Å². The Morgan fingerprint density at radius 1 is 1.18 bits per heavy atom. The predicted octanol–water partition coefficient (Wildman–Crippen LogP) is 5.35. The number of hydrogen-bond acceptors (Lipinski definition) is 6. The number of aromatic hydroxyl groups is 1. The first-order valence-electron chi connectivity index (χ1n) is 12.4. The third-order valence-corrected chi connectivity index (χ3v) is 9.41. The van der Waals surface area contributed by atoms with Crippen molar-refractivity contribution in [3.05, 3.63) is 29.5 Å². The molecule has 0 spiro atoms. The van der Waals surface area contributed by atoms with Crippen LogP contribution in [0.2, 0.25) is 0 Å². The molecule has 2 aromatic heterocycles. The Balaban J connectivity index is 1.54. The van der Waals surface area contributed by atoms with Crippen LogP contribution in [0.25, 0.3) is 22.3 Å². The van der Waals surface area contributed by atoms with Gasteiger partial charge in [0.05, 0.1) is 10.9 Å². The second-order valence-corrected chi connectivity index (χ2v) is 11.9. The highest BCUT2D eigenvalue weighted by Crippen LogP contribution is 2.42. The summed E-state index contributed by atoms with van der Waals surface area (Å²) in [5, 5.41) is 16.3. The van der Waals surface area contributed by atoms with Crippen LogP contribution in [0, 0.1) is 17.6 Å². The third kappa shape index (κ3) is 4.74. The van der Waals surface area contributed by atoms with Crippen molar-refractivity contribution in [2.45, 2.75) is 44.8 Å². The standard InChI is InChI=1S/C25H29F5N6OS/c1-4-38(3)35-8-9-36(15(13-35)10-14-6-5-7-14)24-31-12-17-21(33-34(2)23(17)32-24)16-11-18(25(28,29)30)20(27)22(37)19(16)26/h4,11-12,14-15,37H,5-10,13H2,1-3H3. The average molecular weight is 557 g/mol. The Kier molecular flexibility index (Phi) is 7.10. The second kappa shape index (κ2) is 10.1. The lowest BCUT2D eigenvalue weighted by Crippen LogP contribution is -2.53. The quantitative estimate of drug-likeness (QED) is 0.338. The van der Waals surface area contributed by atoms with Crippen LogP contribution < -0.4 is 4.90 Å². The number of alkyl halides is 3. The van der Waals surface area contributed by atoms with Gasteiger partial charge in [0.1, 0.15) is 5.69 Å². The topological polar surface area (TPSA) is 70.3 Å². The fourth-order valence-corrected chi connectivity index (χ4v) is 6.26. The normalized spacial score (nSPS) is 20.3. The SMILES string of the molecule is C/C=S(\C)N1CCN(c2ncc3c(-c4cc(C(F)(F)F)c(F)c(O)c4F)nn(C)c3n2)C(CC2CCC2)C1. The zero-order valence-electron chi connectivity index (χ0n) is 21.3. The van der Waals surface area contributed by atoms with E-state index in [2.05, 4.69) is 42.8 Å². The molecule has 1 aromatic carbocycles. The van der Waals surface area contributed by atoms with Gasteiger partial charge < -0.3 is 10.0 Å². The lowest BCUT2D eigenvalue weighted by molar-refractivity contribution is -0.140. The molecule has 2 unspecified atom stereocenters. The highest BCUT2D eigenvalue weighted by molar-refractivity contribution is 8.12. The van der Waals surface area contributed by atoms with Gasteiger partial charge in [-0.25, -0.2) is 18.4 Å². The summed E-state index contributed by atoms with van der Waals surface area (Å²) in [5.41, 5.74) is -2.38. The summed E-state index contributed by atoms with van der Waals surface area (Å²) in [5.74, 6) is -4.16. The molecular formula is C25H29F5N6OS. The highest BCUT2D eigenvalue weighted by Gasteiger charge is 2.38. The van der Waals surface area contributed by atoms with Crippen LogP contribution in [0.3, 0.4) is 0 Å². The number of nitrogens with zero attached hydrogens (tertiary/aromatic N) is 6. The van der Waals surface area contributed by atoms with Crippen molar-refractivity contribution in [3.8, 4) is 17.0 Å². The van der Waals surface area contributed by atoms with Crippen LogP contribution in [0.15, 0.2) is 12.3 Å². The summed E-state index contributed by atoms with van der Waals surface area (Å²) >= 11 is 0. The number of hydrogen-bond donors (Lipinski definition) is 1. The van der Waals surface area contributed by atoms with E-state index in [1.54, 1.807) is 0 Å². The van der Waals surface area contributed by atoms with E-state index in [0.29, 0.717) is 30.1 Å². The van der Waals surface area contributed by atoms with Gasteiger partial charge in [0.2, 0.25) is 5.95 Å². The third-order valence-electron chi connectivity index (χ3n) is 7.59. The first-order valence-corrected chi connectivity index (χ1v) is 14.1. The van der Waals surface area contributed by atoms with Gasteiger partial charge in [-0.15, -0.1) is 10.7 Å². The van der Waals surface area contributed by atoms with Gasteiger partial charge in [-0.05, 0) is 31.6 Å². The van der Waals surface area contributed by atoms with Crippen molar-refractivity contribution in [1.29, 1.82) is 0 Å². The Bertz CT molecular complexity index is 1400. The maximum absolute atomic E-state index is 14.8. The summed E-state index contributed by atoms with van der Waals surface area (Å²) in [4.78, 5) is 11.4. The molecule has 0 radical (unpaired) electrons. The fourth-order valence-electron chi connectivity index (χ4n) is 5.18. The van der Waals surface area contributed by atoms with Gasteiger partial charge in [0.25, 0.3) is 0 Å². The van der Waals surface area contributed by atoms with Crippen LogP contribution in [-0.2, 0) is 13.2 Å². The fraction of sp³-hybridized carbons (Fsp3) is 0.520. The Hall–Kier alpha value is -2.80. The number of phenolic OH excluding ortho intramolecular Hbond substituents is 1. The summed E-state index contributed by atoms with van der Waals surface area (Å²) in [6.45, 7) is 4.49. The molecule has 0 bridgehead atoms. The van der Waals surface area contributed by atoms with Crippen LogP contribution in [0.4, 0.5) is 27.9 Å². The van der Waals surface area contributed by atoms with E-state index >= 15 is 0 Å². The van der Waals surface area contributed by atoms with Gasteiger partial charge in [-0.3, -0.25) is 4.31 Å². The van der Waals surface area contributed by atoms with E-state index in [1.807, 2.05) is 0 Å². The van der Waals surface area contributed by atoms with Gasteiger partial charge in [-0.2, -0.15) is 23.3 Å². The van der Waals surface area contributed by atoms with Gasteiger partial charge in [0, 0.05) is 44.5 Å². The molecule has 7 nitrogen and oxygen atoms in total. The van der Waals surface area contributed by atoms with Gasteiger partial charge in [0.15, 0.2) is 23.0 Å². The number of piperazine rings is 1. The monoisotopic (exact) mass is 556 g/mol. The molecule has 2 fully saturated rings. The largest absolute Gasteiger partial charge is 0.503 e. The summed E-state index contributed by atoms with van der Waals surface area (Å²) in [6.07, 6.45) is 3.16. The van der Waals surface area contributed by atoms with Crippen molar-refractivity contribution >= 4 is 33.0 Å². The molecule has 13 heteroatoms. The molecule has 1 aliphatic carbocycles. The summed E-state index contributed by atoms with van der Waals surface area (Å²) < 4.78 is 72.7. The average Bonchev–Trinajstić information content (AvgIpc) is 3.19. The predicted molar refractivity (Wildman–Crippen MR) is 138 cm³/mol. The van der Waals surface area contributed by atoms with Gasteiger partial charge in [-0.1, -0.05) is 24.6 Å². The molecule has 1 N–H and O–H groups in total. The molecule has 38 heavy (non-hydrogen) atoms. The smallest absolute Gasteiger partial charge is 0.419 e. The maximum Gasteiger partial charge on any atom is 0.419 e. The molecule has 2 atom stereocenters. The first kappa shape index (κ1) is 26.8. The first-order chi connectivity index (χ1) is 18.0. The van der Waals surface area contributed by atoms with E-state index in [1.165, 1.54) is 37.2 Å². The number of aromatic nitrogens is 4. The molecule has 2 aliphatic rings. The van der Waals surface area contributed by atoms with Gasteiger partial charge >= 0.3 is 6.18 Å². The number of phenols is 1. The molecule has 3 aromatic rings. The number of anilines is 1. The van der Waals surface area contributed by atoms with Crippen molar-refractivity contribution < 1.29 is 27.1 Å². The minimum Gasteiger partial charge on any atom is -0.503 e. The molecule has 1 saturated carbocycles. The lowest BCUT2D eigenvalue weighted by Gasteiger charge is -2.44.